The molecule has 0 aliphatic heterocycles. The number of nitrogens with zero attached hydrogens (tertiary/aromatic N) is 1. The zero-order chi connectivity index (χ0) is 15.4. The summed E-state index contributed by atoms with van der Waals surface area (Å²) in [4.78, 5) is 19.2. The summed E-state index contributed by atoms with van der Waals surface area (Å²) in [6.07, 6.45) is 1.17. The third-order valence-corrected chi connectivity index (χ3v) is 4.30. The van der Waals surface area contributed by atoms with Gasteiger partial charge in [0.15, 0.2) is 0 Å². The van der Waals surface area contributed by atoms with Gasteiger partial charge in [-0.1, -0.05) is 13.0 Å². The molecule has 5 nitrogen and oxygen atoms in total. The molecule has 5 heteroatoms. The molecular weight excluding hydrogens is 264 g/mol. The molecule has 1 aromatic heterocycles. The van der Waals surface area contributed by atoms with E-state index in [0.29, 0.717) is 6.04 Å². The van der Waals surface area contributed by atoms with Crippen molar-refractivity contribution in [2.24, 2.45) is 0 Å². The Morgan fingerprint density at radius 1 is 1.24 bits per heavy atom. The fourth-order valence-electron chi connectivity index (χ4n) is 2.43. The SMILES string of the molecule is CCC(C)N(C)CCNC(C)c1ccc2[nH]c(=O)[nH]c2c1. The van der Waals surface area contributed by atoms with Crippen molar-refractivity contribution in [2.45, 2.75) is 39.3 Å². The number of imidazole rings is 1. The number of rotatable bonds is 7. The van der Waals surface area contributed by atoms with Gasteiger partial charge in [0.2, 0.25) is 0 Å². The number of nitrogens with one attached hydrogen (secondary N) is 3. The van der Waals surface area contributed by atoms with Crippen LogP contribution >= 0.6 is 0 Å². The largest absolute Gasteiger partial charge is 0.323 e. The highest BCUT2D eigenvalue weighted by atomic mass is 16.1. The lowest BCUT2D eigenvalue weighted by Crippen LogP contribution is -2.35. The minimum absolute atomic E-state index is 0.155. The minimum atomic E-state index is -0.155. The van der Waals surface area contributed by atoms with Crippen LogP contribution in [0, 0.1) is 0 Å². The Bertz CT molecular complexity index is 630. The fraction of sp³-hybridized carbons (Fsp3) is 0.562. The third kappa shape index (κ3) is 3.95. The molecule has 21 heavy (non-hydrogen) atoms. The second-order valence-electron chi connectivity index (χ2n) is 5.80. The van der Waals surface area contributed by atoms with Crippen LogP contribution in [0.1, 0.15) is 38.8 Å². The normalized spacial score (nSPS) is 14.7. The van der Waals surface area contributed by atoms with Gasteiger partial charge >= 0.3 is 5.69 Å². The van der Waals surface area contributed by atoms with Gasteiger partial charge in [-0.3, -0.25) is 0 Å². The standard InChI is InChI=1S/C16H26N4O/c1-5-11(2)20(4)9-8-17-12(3)13-6-7-14-15(10-13)19-16(21)18-14/h6-7,10-12,17H,5,8-9H2,1-4H3,(H2,18,19,21). The number of fused-ring (bicyclic) bond motifs is 1. The molecule has 1 heterocycles. The monoisotopic (exact) mass is 290 g/mol. The van der Waals surface area contributed by atoms with Crippen molar-refractivity contribution in [3.63, 3.8) is 0 Å². The summed E-state index contributed by atoms with van der Waals surface area (Å²) in [6.45, 7) is 8.59. The predicted molar refractivity (Wildman–Crippen MR) is 87.7 cm³/mol. The van der Waals surface area contributed by atoms with Gasteiger partial charge in [-0.2, -0.15) is 0 Å². The number of likely N-dealkylation sites (N-methyl/N-ethyl adjacent to an activating group) is 1. The maximum absolute atomic E-state index is 11.3. The van der Waals surface area contributed by atoms with Gasteiger partial charge in [0.25, 0.3) is 0 Å². The van der Waals surface area contributed by atoms with Crippen molar-refractivity contribution in [1.82, 2.24) is 20.2 Å². The van der Waals surface area contributed by atoms with Crippen molar-refractivity contribution in [3.05, 3.63) is 34.2 Å². The Kier molecular flexibility index (Phi) is 5.20. The van der Waals surface area contributed by atoms with E-state index >= 15 is 0 Å². The van der Waals surface area contributed by atoms with Crippen LogP contribution in [0.25, 0.3) is 11.0 Å². The number of aromatic nitrogens is 2. The molecule has 0 fully saturated rings. The molecule has 0 aliphatic carbocycles. The van der Waals surface area contributed by atoms with Crippen LogP contribution in [0.2, 0.25) is 0 Å². The second-order valence-corrected chi connectivity index (χ2v) is 5.80. The van der Waals surface area contributed by atoms with E-state index in [4.69, 9.17) is 0 Å². The Balaban J connectivity index is 1.92. The van der Waals surface area contributed by atoms with E-state index in [9.17, 15) is 4.79 Å². The summed E-state index contributed by atoms with van der Waals surface area (Å²) < 4.78 is 0. The summed E-state index contributed by atoms with van der Waals surface area (Å²) in [5, 5.41) is 3.54. The molecule has 0 saturated carbocycles. The Labute approximate surface area is 125 Å². The second kappa shape index (κ2) is 6.91. The molecule has 0 amide bonds. The topological polar surface area (TPSA) is 63.9 Å². The Morgan fingerprint density at radius 3 is 2.67 bits per heavy atom. The lowest BCUT2D eigenvalue weighted by atomic mass is 10.1. The predicted octanol–water partition coefficient (Wildman–Crippen LogP) is 2.24. The van der Waals surface area contributed by atoms with Gasteiger partial charge in [0, 0.05) is 25.2 Å². The lowest BCUT2D eigenvalue weighted by Gasteiger charge is -2.24. The van der Waals surface area contributed by atoms with E-state index in [1.807, 2.05) is 12.1 Å². The van der Waals surface area contributed by atoms with Gasteiger partial charge in [-0.05, 0) is 45.0 Å². The molecular formula is C16H26N4O. The first-order valence-electron chi connectivity index (χ1n) is 7.66. The Hall–Kier alpha value is -1.59. The van der Waals surface area contributed by atoms with Crippen LogP contribution in [-0.4, -0.2) is 41.0 Å². The fourth-order valence-corrected chi connectivity index (χ4v) is 2.43. The highest BCUT2D eigenvalue weighted by molar-refractivity contribution is 5.75. The summed E-state index contributed by atoms with van der Waals surface area (Å²) in [7, 11) is 2.16. The van der Waals surface area contributed by atoms with E-state index in [2.05, 4.69) is 54.1 Å². The summed E-state index contributed by atoms with van der Waals surface area (Å²) >= 11 is 0. The Morgan fingerprint density at radius 2 is 1.95 bits per heavy atom. The van der Waals surface area contributed by atoms with E-state index in [-0.39, 0.29) is 11.7 Å². The van der Waals surface area contributed by atoms with Crippen LogP contribution in [0.3, 0.4) is 0 Å². The lowest BCUT2D eigenvalue weighted by molar-refractivity contribution is 0.249. The summed E-state index contributed by atoms with van der Waals surface area (Å²) in [5.74, 6) is 0. The van der Waals surface area contributed by atoms with Crippen LogP contribution in [0.5, 0.6) is 0 Å². The average molecular weight is 290 g/mol. The molecule has 116 valence electrons. The number of H-pyrrole nitrogens is 2. The molecule has 0 aliphatic rings. The van der Waals surface area contributed by atoms with Crippen LogP contribution in [-0.2, 0) is 0 Å². The van der Waals surface area contributed by atoms with Gasteiger partial charge in [-0.15, -0.1) is 0 Å². The van der Waals surface area contributed by atoms with Crippen molar-refractivity contribution in [3.8, 4) is 0 Å². The summed E-state index contributed by atoms with van der Waals surface area (Å²) in [5.41, 5.74) is 2.75. The maximum Gasteiger partial charge on any atom is 0.323 e. The van der Waals surface area contributed by atoms with Crippen LogP contribution in [0.15, 0.2) is 23.0 Å². The molecule has 1 aromatic carbocycles. The highest BCUT2D eigenvalue weighted by Crippen LogP contribution is 2.16. The van der Waals surface area contributed by atoms with Crippen molar-refractivity contribution < 1.29 is 0 Å². The molecule has 2 atom stereocenters. The molecule has 2 unspecified atom stereocenters. The first-order valence-corrected chi connectivity index (χ1v) is 7.66. The number of hydrogen-bond donors (Lipinski definition) is 3. The number of benzene rings is 1. The van der Waals surface area contributed by atoms with Crippen molar-refractivity contribution >= 4 is 11.0 Å². The maximum atomic E-state index is 11.3. The molecule has 0 radical (unpaired) electrons. The van der Waals surface area contributed by atoms with Crippen LogP contribution in [0.4, 0.5) is 0 Å². The molecule has 0 saturated heterocycles. The van der Waals surface area contributed by atoms with E-state index in [1.54, 1.807) is 0 Å². The molecule has 0 bridgehead atoms. The zero-order valence-electron chi connectivity index (χ0n) is 13.4. The third-order valence-electron chi connectivity index (χ3n) is 4.30. The molecule has 2 rings (SSSR count). The van der Waals surface area contributed by atoms with Gasteiger partial charge < -0.3 is 20.2 Å². The first kappa shape index (κ1) is 15.8. The van der Waals surface area contributed by atoms with Gasteiger partial charge in [-0.25, -0.2) is 4.79 Å². The molecule has 2 aromatic rings. The highest BCUT2D eigenvalue weighted by Gasteiger charge is 2.09. The van der Waals surface area contributed by atoms with Gasteiger partial charge in [0.1, 0.15) is 0 Å². The number of hydrogen-bond acceptors (Lipinski definition) is 3. The van der Waals surface area contributed by atoms with E-state index in [0.717, 1.165) is 24.1 Å². The van der Waals surface area contributed by atoms with Crippen LogP contribution < -0.4 is 11.0 Å². The zero-order valence-corrected chi connectivity index (χ0v) is 13.4. The van der Waals surface area contributed by atoms with Gasteiger partial charge in [0.05, 0.1) is 11.0 Å². The van der Waals surface area contributed by atoms with Crippen molar-refractivity contribution in [1.29, 1.82) is 0 Å². The number of aromatic amines is 2. The molecule has 0 spiro atoms. The molecule has 3 N–H and O–H groups in total. The average Bonchev–Trinajstić information content (AvgIpc) is 2.84. The van der Waals surface area contributed by atoms with E-state index in [1.165, 1.54) is 12.0 Å². The first-order chi connectivity index (χ1) is 10.0. The van der Waals surface area contributed by atoms with E-state index < -0.39 is 0 Å². The van der Waals surface area contributed by atoms with Crippen molar-refractivity contribution in [2.75, 3.05) is 20.1 Å². The minimum Gasteiger partial charge on any atom is -0.309 e. The quantitative estimate of drug-likeness (QED) is 0.733. The smallest absolute Gasteiger partial charge is 0.309 e. The summed E-state index contributed by atoms with van der Waals surface area (Å²) in [6, 6.07) is 6.92.